The molecule has 2 N–H and O–H groups in total. The van der Waals surface area contributed by atoms with E-state index in [0.717, 1.165) is 19.3 Å². The number of hydrogen-bond donors (Lipinski definition) is 2. The summed E-state index contributed by atoms with van der Waals surface area (Å²) >= 11 is 4.15. The van der Waals surface area contributed by atoms with Crippen molar-refractivity contribution in [3.05, 3.63) is 23.8 Å². The number of carbonyl (C=O) groups is 1. The maximum atomic E-state index is 11.6. The van der Waals surface area contributed by atoms with Gasteiger partial charge in [-0.3, -0.25) is 0 Å². The Hall–Kier alpha value is -1.16. The van der Waals surface area contributed by atoms with E-state index in [-0.39, 0.29) is 5.97 Å². The largest absolute Gasteiger partial charge is 0.462 e. The summed E-state index contributed by atoms with van der Waals surface area (Å²) in [4.78, 5) is 12.2. The van der Waals surface area contributed by atoms with Crippen LogP contribution in [0.1, 0.15) is 36.5 Å². The van der Waals surface area contributed by atoms with Crippen LogP contribution in [0.4, 0.5) is 5.69 Å². The van der Waals surface area contributed by atoms with E-state index in [1.807, 2.05) is 0 Å². The molecule has 0 saturated carbocycles. The molecule has 88 valence electrons. The summed E-state index contributed by atoms with van der Waals surface area (Å²) in [6.07, 6.45) is 3.10. The number of rotatable bonds is 5. The molecule has 0 unspecified atom stereocenters. The first kappa shape index (κ1) is 12.9. The molecule has 0 heterocycles. The first-order chi connectivity index (χ1) is 7.65. The molecule has 0 radical (unpaired) electrons. The van der Waals surface area contributed by atoms with Gasteiger partial charge in [0.15, 0.2) is 0 Å². The zero-order chi connectivity index (χ0) is 12.0. The number of nitrogens with two attached hydrogens (primary N) is 1. The molecular weight excluding hydrogens is 222 g/mol. The zero-order valence-electron chi connectivity index (χ0n) is 9.40. The van der Waals surface area contributed by atoms with Gasteiger partial charge in [-0.25, -0.2) is 4.79 Å². The van der Waals surface area contributed by atoms with E-state index in [1.165, 1.54) is 0 Å². The van der Waals surface area contributed by atoms with Crippen molar-refractivity contribution in [2.75, 3.05) is 12.3 Å². The predicted molar refractivity (Wildman–Crippen MR) is 67.9 cm³/mol. The van der Waals surface area contributed by atoms with Gasteiger partial charge in [0, 0.05) is 10.6 Å². The molecule has 16 heavy (non-hydrogen) atoms. The summed E-state index contributed by atoms with van der Waals surface area (Å²) in [6, 6.07) is 4.93. The molecule has 1 aromatic rings. The van der Waals surface area contributed by atoms with Crippen molar-refractivity contribution in [3.63, 3.8) is 0 Å². The SMILES string of the molecule is CCCCCOC(=O)c1ccc(N)c(S)c1. The molecular formula is C12H17NO2S. The van der Waals surface area contributed by atoms with E-state index in [1.54, 1.807) is 18.2 Å². The Bertz CT molecular complexity index is 366. The van der Waals surface area contributed by atoms with Gasteiger partial charge in [-0.1, -0.05) is 19.8 Å². The van der Waals surface area contributed by atoms with Gasteiger partial charge in [0.05, 0.1) is 12.2 Å². The Balaban J connectivity index is 2.50. The number of esters is 1. The van der Waals surface area contributed by atoms with Crippen LogP contribution in [0.5, 0.6) is 0 Å². The van der Waals surface area contributed by atoms with Crippen LogP contribution < -0.4 is 5.73 Å². The molecule has 0 aliphatic carbocycles. The van der Waals surface area contributed by atoms with E-state index >= 15 is 0 Å². The third-order valence-corrected chi connectivity index (χ3v) is 2.63. The van der Waals surface area contributed by atoms with Crippen LogP contribution in [0.25, 0.3) is 0 Å². The van der Waals surface area contributed by atoms with E-state index < -0.39 is 0 Å². The fourth-order valence-corrected chi connectivity index (χ4v) is 1.48. The number of ether oxygens (including phenoxy) is 1. The lowest BCUT2D eigenvalue weighted by Gasteiger charge is -2.05. The summed E-state index contributed by atoms with van der Waals surface area (Å²) in [5, 5.41) is 0. The summed E-state index contributed by atoms with van der Waals surface area (Å²) in [5.74, 6) is -0.314. The topological polar surface area (TPSA) is 52.3 Å². The van der Waals surface area contributed by atoms with Gasteiger partial charge in [0.2, 0.25) is 0 Å². The molecule has 0 amide bonds. The Morgan fingerprint density at radius 2 is 2.19 bits per heavy atom. The number of nitrogen functional groups attached to an aromatic ring is 1. The fourth-order valence-electron chi connectivity index (χ4n) is 1.27. The average Bonchev–Trinajstić information content (AvgIpc) is 2.28. The lowest BCUT2D eigenvalue weighted by molar-refractivity contribution is 0.0498. The Kier molecular flexibility index (Phi) is 5.19. The third-order valence-electron chi connectivity index (χ3n) is 2.25. The second-order valence-electron chi connectivity index (χ2n) is 3.62. The molecule has 0 bridgehead atoms. The molecule has 3 nitrogen and oxygen atoms in total. The highest BCUT2D eigenvalue weighted by Gasteiger charge is 2.07. The van der Waals surface area contributed by atoms with Crippen molar-refractivity contribution in [3.8, 4) is 0 Å². The van der Waals surface area contributed by atoms with Crippen molar-refractivity contribution < 1.29 is 9.53 Å². The monoisotopic (exact) mass is 239 g/mol. The van der Waals surface area contributed by atoms with Gasteiger partial charge in [-0.2, -0.15) is 0 Å². The third kappa shape index (κ3) is 3.77. The summed E-state index contributed by atoms with van der Waals surface area (Å²) in [5.41, 5.74) is 6.66. The van der Waals surface area contributed by atoms with Crippen molar-refractivity contribution >= 4 is 24.3 Å². The summed E-state index contributed by atoms with van der Waals surface area (Å²) in [7, 11) is 0. The fraction of sp³-hybridized carbons (Fsp3) is 0.417. The van der Waals surface area contributed by atoms with Crippen molar-refractivity contribution in [1.29, 1.82) is 0 Å². The van der Waals surface area contributed by atoms with Crippen molar-refractivity contribution in [1.82, 2.24) is 0 Å². The Labute approximate surface area is 101 Å². The number of thiol groups is 1. The average molecular weight is 239 g/mol. The van der Waals surface area contributed by atoms with Crippen LogP contribution in [0.3, 0.4) is 0 Å². The molecule has 1 aromatic carbocycles. The van der Waals surface area contributed by atoms with Crippen LogP contribution in [-0.4, -0.2) is 12.6 Å². The molecule has 0 spiro atoms. The van der Waals surface area contributed by atoms with Gasteiger partial charge >= 0.3 is 5.97 Å². The van der Waals surface area contributed by atoms with E-state index in [9.17, 15) is 4.79 Å². The molecule has 0 aliphatic heterocycles. The van der Waals surface area contributed by atoms with E-state index in [4.69, 9.17) is 10.5 Å². The number of unbranched alkanes of at least 4 members (excludes halogenated alkanes) is 2. The maximum Gasteiger partial charge on any atom is 0.338 e. The highest BCUT2D eigenvalue weighted by atomic mass is 32.1. The molecule has 0 saturated heterocycles. The molecule has 1 rings (SSSR count). The van der Waals surface area contributed by atoms with Crippen LogP contribution in [-0.2, 0) is 4.74 Å². The second-order valence-corrected chi connectivity index (χ2v) is 4.10. The van der Waals surface area contributed by atoms with Crippen LogP contribution in [0.15, 0.2) is 23.1 Å². The van der Waals surface area contributed by atoms with Crippen LogP contribution in [0.2, 0.25) is 0 Å². The standard InChI is InChI=1S/C12H17NO2S/c1-2-3-4-7-15-12(14)9-5-6-10(13)11(16)8-9/h5-6,8,16H,2-4,7,13H2,1H3. The first-order valence-electron chi connectivity index (χ1n) is 5.40. The number of benzene rings is 1. The van der Waals surface area contributed by atoms with Crippen LogP contribution >= 0.6 is 12.6 Å². The molecule has 0 aliphatic rings. The number of carbonyl (C=O) groups excluding carboxylic acids is 1. The van der Waals surface area contributed by atoms with Crippen molar-refractivity contribution in [2.24, 2.45) is 0 Å². The Morgan fingerprint density at radius 3 is 2.81 bits per heavy atom. The second kappa shape index (κ2) is 6.43. The zero-order valence-corrected chi connectivity index (χ0v) is 10.3. The minimum atomic E-state index is -0.314. The normalized spacial score (nSPS) is 10.1. The van der Waals surface area contributed by atoms with Gasteiger partial charge in [-0.05, 0) is 24.6 Å². The smallest absolute Gasteiger partial charge is 0.338 e. The molecule has 0 atom stereocenters. The first-order valence-corrected chi connectivity index (χ1v) is 5.85. The van der Waals surface area contributed by atoms with Crippen LogP contribution in [0, 0.1) is 0 Å². The van der Waals surface area contributed by atoms with Gasteiger partial charge in [0.25, 0.3) is 0 Å². The van der Waals surface area contributed by atoms with Gasteiger partial charge < -0.3 is 10.5 Å². The van der Waals surface area contributed by atoms with E-state index in [2.05, 4.69) is 19.6 Å². The molecule has 0 fully saturated rings. The summed E-state index contributed by atoms with van der Waals surface area (Å²) < 4.78 is 5.11. The Morgan fingerprint density at radius 1 is 1.44 bits per heavy atom. The quantitative estimate of drug-likeness (QED) is 0.359. The van der Waals surface area contributed by atoms with E-state index in [0.29, 0.717) is 22.8 Å². The van der Waals surface area contributed by atoms with Crippen molar-refractivity contribution in [2.45, 2.75) is 31.1 Å². The van der Waals surface area contributed by atoms with Gasteiger partial charge in [-0.15, -0.1) is 12.6 Å². The molecule has 4 heteroatoms. The predicted octanol–water partition coefficient (Wildman–Crippen LogP) is 2.90. The minimum absolute atomic E-state index is 0.314. The molecule has 0 aromatic heterocycles. The lowest BCUT2D eigenvalue weighted by atomic mass is 10.2. The number of hydrogen-bond acceptors (Lipinski definition) is 4. The van der Waals surface area contributed by atoms with Gasteiger partial charge in [0.1, 0.15) is 0 Å². The minimum Gasteiger partial charge on any atom is -0.462 e. The highest BCUT2D eigenvalue weighted by molar-refractivity contribution is 7.80. The highest BCUT2D eigenvalue weighted by Crippen LogP contribution is 2.18. The maximum absolute atomic E-state index is 11.6. The summed E-state index contributed by atoms with van der Waals surface area (Å²) in [6.45, 7) is 2.58. The lowest BCUT2D eigenvalue weighted by Crippen LogP contribution is -2.06. The number of anilines is 1.